The first-order chi connectivity index (χ1) is 21.9. The summed E-state index contributed by atoms with van der Waals surface area (Å²) in [5.74, 6) is 0.223. The summed E-state index contributed by atoms with van der Waals surface area (Å²) in [4.78, 5) is 0. The van der Waals surface area contributed by atoms with Gasteiger partial charge in [-0.25, -0.2) is 0 Å². The Hall–Kier alpha value is -5.78. The number of nitriles is 4. The topological polar surface area (TPSA) is 173 Å². The van der Waals surface area contributed by atoms with Gasteiger partial charge < -0.3 is 29.2 Å². The molecule has 12 heteroatoms. The fourth-order valence-electron chi connectivity index (χ4n) is 3.78. The molecule has 0 radical (unpaired) electrons. The van der Waals surface area contributed by atoms with Crippen molar-refractivity contribution in [1.82, 2.24) is 0 Å². The number of halogens is 2. The number of nitrogens with zero attached hydrogens (tertiary/aromatic N) is 4. The van der Waals surface area contributed by atoms with Crippen molar-refractivity contribution in [2.45, 2.75) is 39.9 Å². The fraction of sp³-hybridized carbons (Fsp3) is 0.176. The van der Waals surface area contributed by atoms with Gasteiger partial charge in [-0.15, -0.1) is 0 Å². The molecule has 0 fully saturated rings. The Kier molecular flexibility index (Phi) is 11.9. The zero-order chi connectivity index (χ0) is 34.0. The number of hydrogen-bond acceptors (Lipinski definition) is 10. The monoisotopic (exact) mass is 656 g/mol. The molecule has 4 rings (SSSR count). The van der Waals surface area contributed by atoms with Crippen molar-refractivity contribution in [2.24, 2.45) is 0 Å². The Bertz CT molecular complexity index is 1880. The molecule has 4 aromatic carbocycles. The van der Waals surface area contributed by atoms with Crippen LogP contribution < -0.4 is 18.9 Å². The van der Waals surface area contributed by atoms with Gasteiger partial charge in [0.25, 0.3) is 0 Å². The Morgan fingerprint density at radius 2 is 1.02 bits per heavy atom. The van der Waals surface area contributed by atoms with Gasteiger partial charge in [0.2, 0.25) is 0 Å². The van der Waals surface area contributed by atoms with Crippen molar-refractivity contribution >= 4 is 23.2 Å². The van der Waals surface area contributed by atoms with Crippen LogP contribution in [-0.4, -0.2) is 22.4 Å². The van der Waals surface area contributed by atoms with Gasteiger partial charge in [-0.05, 0) is 76.2 Å². The minimum Gasteiger partial charge on any atom is -0.504 e. The first kappa shape index (κ1) is 34.7. The van der Waals surface area contributed by atoms with Gasteiger partial charge in [-0.1, -0.05) is 23.2 Å². The highest BCUT2D eigenvalue weighted by molar-refractivity contribution is 6.30. The predicted molar refractivity (Wildman–Crippen MR) is 170 cm³/mol. The second-order valence-electron chi connectivity index (χ2n) is 9.84. The van der Waals surface area contributed by atoms with Crippen molar-refractivity contribution in [3.63, 3.8) is 0 Å². The molecule has 0 unspecified atom stereocenters. The third kappa shape index (κ3) is 8.65. The highest BCUT2D eigenvalue weighted by Crippen LogP contribution is 2.43. The first-order valence-electron chi connectivity index (χ1n) is 13.5. The molecular formula is C34H26Cl2N4O6. The van der Waals surface area contributed by atoms with Gasteiger partial charge in [0.15, 0.2) is 34.5 Å². The Morgan fingerprint density at radius 3 is 1.43 bits per heavy atom. The van der Waals surface area contributed by atoms with E-state index in [0.29, 0.717) is 27.3 Å². The molecule has 46 heavy (non-hydrogen) atoms. The summed E-state index contributed by atoms with van der Waals surface area (Å²) in [5.41, 5.74) is -0.0742. The molecule has 0 aromatic heterocycles. The van der Waals surface area contributed by atoms with Crippen LogP contribution in [0.3, 0.4) is 0 Å². The lowest BCUT2D eigenvalue weighted by Crippen LogP contribution is -2.13. The maximum Gasteiger partial charge on any atom is 0.183 e. The molecule has 0 spiro atoms. The summed E-state index contributed by atoms with van der Waals surface area (Å²) in [6, 6.07) is 23.1. The van der Waals surface area contributed by atoms with Crippen LogP contribution in [0.15, 0.2) is 60.7 Å². The summed E-state index contributed by atoms with van der Waals surface area (Å²) >= 11 is 11.6. The van der Waals surface area contributed by atoms with Crippen LogP contribution in [-0.2, 0) is 0 Å². The summed E-state index contributed by atoms with van der Waals surface area (Å²) in [7, 11) is 0. The lowest BCUT2D eigenvalue weighted by atomic mass is 10.1. The molecule has 4 aromatic rings. The number of aromatic hydroxyl groups is 2. The molecule has 0 saturated carbocycles. The first-order valence-corrected chi connectivity index (χ1v) is 14.3. The summed E-state index contributed by atoms with van der Waals surface area (Å²) in [5, 5.41) is 57.5. The normalized spacial score (nSPS) is 10.0. The van der Waals surface area contributed by atoms with Crippen molar-refractivity contribution in [3.05, 3.63) is 93.0 Å². The lowest BCUT2D eigenvalue weighted by Gasteiger charge is -2.20. The molecule has 0 amide bonds. The predicted octanol–water partition coefficient (Wildman–Crippen LogP) is 8.74. The third-order valence-electron chi connectivity index (χ3n) is 5.68. The van der Waals surface area contributed by atoms with Gasteiger partial charge in [0, 0.05) is 22.2 Å². The van der Waals surface area contributed by atoms with Crippen LogP contribution >= 0.6 is 23.2 Å². The molecule has 2 N–H and O–H groups in total. The quantitative estimate of drug-likeness (QED) is 0.174. The molecule has 0 aliphatic heterocycles. The van der Waals surface area contributed by atoms with Crippen molar-refractivity contribution in [3.8, 4) is 70.3 Å². The smallest absolute Gasteiger partial charge is 0.183 e. The maximum atomic E-state index is 9.72. The van der Waals surface area contributed by atoms with E-state index in [2.05, 4.69) is 12.1 Å². The summed E-state index contributed by atoms with van der Waals surface area (Å²) in [6.45, 7) is 7.40. The number of rotatable bonds is 8. The van der Waals surface area contributed by atoms with Crippen LogP contribution in [0.5, 0.6) is 46.0 Å². The molecule has 0 aliphatic rings. The summed E-state index contributed by atoms with van der Waals surface area (Å²) in [6.07, 6.45) is -0.335. The maximum absolute atomic E-state index is 9.72. The van der Waals surface area contributed by atoms with Gasteiger partial charge in [0.1, 0.15) is 46.9 Å². The highest BCUT2D eigenvalue weighted by Gasteiger charge is 2.24. The molecule has 232 valence electrons. The fourth-order valence-corrected chi connectivity index (χ4v) is 4.03. The van der Waals surface area contributed by atoms with Crippen LogP contribution in [0.4, 0.5) is 0 Å². The number of phenols is 2. The minimum absolute atomic E-state index is 0.0631. The lowest BCUT2D eigenvalue weighted by molar-refractivity contribution is 0.197. The standard InChI is InChI=1S/C20H19ClN2O3.C14H7ClN2O3/c1-12(2)24-18-9-14(10-22)19(17(11-23)20(18)25-13(3)4)26-16-7-5-15(21)6-8-16;15-9-1-3-10(4-2-9)20-14-8(6-16)5-12(18)13(19)11(14)7-17/h5-9,12-13H,1-4H3;1-5,18-19H. The minimum atomic E-state index is -0.629. The summed E-state index contributed by atoms with van der Waals surface area (Å²) < 4.78 is 22.8. The Morgan fingerprint density at radius 1 is 0.587 bits per heavy atom. The van der Waals surface area contributed by atoms with Gasteiger partial charge in [0.05, 0.1) is 23.3 Å². The number of hydrogen-bond donors (Lipinski definition) is 2. The van der Waals surface area contributed by atoms with Gasteiger partial charge >= 0.3 is 0 Å². The average Bonchev–Trinajstić information content (AvgIpc) is 3.02. The van der Waals surface area contributed by atoms with Crippen LogP contribution in [0.25, 0.3) is 0 Å². The van der Waals surface area contributed by atoms with Crippen molar-refractivity contribution in [1.29, 1.82) is 21.0 Å². The van der Waals surface area contributed by atoms with E-state index in [9.17, 15) is 20.7 Å². The molecule has 0 bridgehead atoms. The van der Waals surface area contributed by atoms with E-state index in [1.165, 1.54) is 6.07 Å². The molecular weight excluding hydrogens is 631 g/mol. The molecule has 0 atom stereocenters. The van der Waals surface area contributed by atoms with E-state index >= 15 is 0 Å². The molecule has 0 saturated heterocycles. The van der Waals surface area contributed by atoms with Crippen LogP contribution in [0, 0.1) is 45.3 Å². The Balaban J connectivity index is 0.000000259. The third-order valence-corrected chi connectivity index (χ3v) is 6.18. The van der Waals surface area contributed by atoms with Gasteiger partial charge in [-0.3, -0.25) is 0 Å². The SMILES string of the molecule is CC(C)Oc1cc(C#N)c(Oc2ccc(Cl)cc2)c(C#N)c1OC(C)C.N#Cc1cc(O)c(O)c(C#N)c1Oc1ccc(Cl)cc1. The second kappa shape index (κ2) is 15.8. The van der Waals surface area contributed by atoms with E-state index in [1.54, 1.807) is 60.7 Å². The second-order valence-corrected chi connectivity index (χ2v) is 10.7. The number of benzene rings is 4. The Labute approximate surface area is 275 Å². The van der Waals surface area contributed by atoms with E-state index < -0.39 is 11.5 Å². The molecule has 0 aliphatic carbocycles. The highest BCUT2D eigenvalue weighted by atomic mass is 35.5. The van der Waals surface area contributed by atoms with E-state index in [0.717, 1.165) is 6.07 Å². The molecule has 10 nitrogen and oxygen atoms in total. The number of ether oxygens (including phenoxy) is 4. The van der Waals surface area contributed by atoms with Gasteiger partial charge in [-0.2, -0.15) is 21.0 Å². The largest absolute Gasteiger partial charge is 0.504 e. The van der Waals surface area contributed by atoms with Crippen molar-refractivity contribution < 1.29 is 29.2 Å². The van der Waals surface area contributed by atoms with E-state index in [1.807, 2.05) is 27.7 Å². The van der Waals surface area contributed by atoms with Crippen LogP contribution in [0.1, 0.15) is 49.9 Å². The van der Waals surface area contributed by atoms with E-state index in [4.69, 9.17) is 52.7 Å². The molecule has 0 heterocycles. The van der Waals surface area contributed by atoms with Crippen molar-refractivity contribution in [2.75, 3.05) is 0 Å². The number of phenolic OH excluding ortho intramolecular Hbond substituents is 2. The zero-order valence-corrected chi connectivity index (χ0v) is 26.5. The van der Waals surface area contributed by atoms with Crippen LogP contribution in [0.2, 0.25) is 10.0 Å². The average molecular weight is 658 g/mol. The zero-order valence-electron chi connectivity index (χ0n) is 25.0. The van der Waals surface area contributed by atoms with E-state index in [-0.39, 0.29) is 51.7 Å².